The zero-order valence-electron chi connectivity index (χ0n) is 13.2. The van der Waals surface area contributed by atoms with Crippen molar-refractivity contribution in [3.63, 3.8) is 0 Å². The van der Waals surface area contributed by atoms with Gasteiger partial charge in [-0.1, -0.05) is 66.7 Å². The van der Waals surface area contributed by atoms with Crippen LogP contribution in [-0.4, -0.2) is 24.5 Å². The first-order valence-electron chi connectivity index (χ1n) is 7.98. The zero-order valence-corrected chi connectivity index (χ0v) is 13.2. The van der Waals surface area contributed by atoms with Gasteiger partial charge in [0.25, 0.3) is 0 Å². The Morgan fingerprint density at radius 1 is 0.529 bits per heavy atom. The third kappa shape index (κ3) is 18.5. The molecule has 0 radical (unpaired) electrons. The van der Waals surface area contributed by atoms with Crippen LogP contribution in [0.2, 0.25) is 0 Å². The Bertz CT molecular complexity index is 112. The molecule has 106 valence electrons. The minimum Gasteiger partial charge on any atom is -0.303 e. The first-order chi connectivity index (χ1) is 8.26. The topological polar surface area (TPSA) is 3.24 Å². The van der Waals surface area contributed by atoms with Gasteiger partial charge in [0.2, 0.25) is 0 Å². The van der Waals surface area contributed by atoms with Gasteiger partial charge < -0.3 is 4.90 Å². The molecule has 0 saturated heterocycles. The number of rotatable bonds is 10. The molecular formula is C16H37N. The van der Waals surface area contributed by atoms with Gasteiger partial charge in [-0.3, -0.25) is 0 Å². The number of nitrogens with zero attached hydrogens (tertiary/aromatic N) is 1. The van der Waals surface area contributed by atoms with Crippen LogP contribution >= 0.6 is 0 Å². The van der Waals surface area contributed by atoms with Gasteiger partial charge in [-0.2, -0.15) is 0 Å². The second-order valence-electron chi connectivity index (χ2n) is 4.96. The van der Waals surface area contributed by atoms with E-state index in [2.05, 4.69) is 39.5 Å². The van der Waals surface area contributed by atoms with E-state index in [1.807, 2.05) is 0 Å². The van der Waals surface area contributed by atoms with Gasteiger partial charge in [-0.05, 0) is 38.9 Å². The number of hydrogen-bond donors (Lipinski definition) is 0. The molecule has 0 atom stereocenters. The smallest absolute Gasteiger partial charge is 0.00187 e. The van der Waals surface area contributed by atoms with E-state index >= 15 is 0 Å². The Hall–Kier alpha value is -0.0400. The fourth-order valence-corrected chi connectivity index (χ4v) is 1.80. The van der Waals surface area contributed by atoms with Crippen molar-refractivity contribution >= 4 is 0 Å². The molecule has 1 heteroatoms. The summed E-state index contributed by atoms with van der Waals surface area (Å²) in [5, 5.41) is 0. The van der Waals surface area contributed by atoms with E-state index in [0.29, 0.717) is 0 Å². The van der Waals surface area contributed by atoms with Crippen molar-refractivity contribution in [1.82, 2.24) is 4.90 Å². The summed E-state index contributed by atoms with van der Waals surface area (Å²) in [5.74, 6) is 0. The summed E-state index contributed by atoms with van der Waals surface area (Å²) in [6.07, 6.45) is 10.8. The molecule has 0 spiro atoms. The molecule has 0 unspecified atom stereocenters. The highest BCUT2D eigenvalue weighted by molar-refractivity contribution is 4.57. The van der Waals surface area contributed by atoms with Crippen LogP contribution in [0.5, 0.6) is 0 Å². The van der Waals surface area contributed by atoms with Crippen LogP contribution in [0.4, 0.5) is 0 Å². The molecule has 0 saturated carbocycles. The van der Waals surface area contributed by atoms with Crippen LogP contribution in [0, 0.1) is 0 Å². The van der Waals surface area contributed by atoms with E-state index in [4.69, 9.17) is 0 Å². The largest absolute Gasteiger partial charge is 0.303 e. The van der Waals surface area contributed by atoms with E-state index in [-0.39, 0.29) is 0 Å². The Kier molecular flexibility index (Phi) is 20.8. The summed E-state index contributed by atoms with van der Waals surface area (Å²) >= 11 is 0. The molecule has 0 bridgehead atoms. The van der Waals surface area contributed by atoms with Crippen LogP contribution in [0.25, 0.3) is 0 Å². The van der Waals surface area contributed by atoms with E-state index in [1.165, 1.54) is 71.0 Å². The van der Waals surface area contributed by atoms with Crippen LogP contribution in [0.15, 0.2) is 0 Å². The van der Waals surface area contributed by atoms with Crippen molar-refractivity contribution in [2.24, 2.45) is 0 Å². The molecule has 0 amide bonds. The van der Waals surface area contributed by atoms with Crippen molar-refractivity contribution in [3.8, 4) is 0 Å². The van der Waals surface area contributed by atoms with E-state index < -0.39 is 0 Å². The lowest BCUT2D eigenvalue weighted by Crippen LogP contribution is -2.26. The van der Waals surface area contributed by atoms with Crippen LogP contribution in [0.3, 0.4) is 0 Å². The molecule has 0 aromatic carbocycles. The fraction of sp³-hybridized carbons (Fsp3) is 1.00. The Balaban J connectivity index is 0. The molecule has 0 heterocycles. The molecule has 1 nitrogen and oxygen atoms in total. The normalized spacial score (nSPS) is 10.2. The van der Waals surface area contributed by atoms with Crippen molar-refractivity contribution in [1.29, 1.82) is 0 Å². The molecule has 0 aliphatic rings. The first-order valence-corrected chi connectivity index (χ1v) is 7.98. The van der Waals surface area contributed by atoms with Crippen LogP contribution in [-0.2, 0) is 0 Å². The molecule has 0 aliphatic carbocycles. The predicted molar refractivity (Wildman–Crippen MR) is 81.7 cm³/mol. The Morgan fingerprint density at radius 2 is 1.06 bits per heavy atom. The first kappa shape index (κ1) is 19.3. The van der Waals surface area contributed by atoms with E-state index in [9.17, 15) is 0 Å². The second-order valence-corrected chi connectivity index (χ2v) is 4.96. The quantitative estimate of drug-likeness (QED) is 0.458. The lowest BCUT2D eigenvalue weighted by Gasteiger charge is -2.21. The summed E-state index contributed by atoms with van der Waals surface area (Å²) in [5.41, 5.74) is 0. The monoisotopic (exact) mass is 243 g/mol. The summed E-state index contributed by atoms with van der Waals surface area (Å²) in [6.45, 7) is 15.0. The highest BCUT2D eigenvalue weighted by atomic mass is 15.1. The van der Waals surface area contributed by atoms with Gasteiger partial charge in [0.05, 0.1) is 0 Å². The van der Waals surface area contributed by atoms with Gasteiger partial charge in [0.1, 0.15) is 0 Å². The van der Waals surface area contributed by atoms with Crippen LogP contribution in [0.1, 0.15) is 86.0 Å². The van der Waals surface area contributed by atoms with Gasteiger partial charge >= 0.3 is 0 Å². The minimum absolute atomic E-state index is 1.25. The molecule has 0 aromatic rings. The SMILES string of the molecule is CCC.CCCCCCN(CCC)CCCC. The van der Waals surface area contributed by atoms with Crippen molar-refractivity contribution in [2.75, 3.05) is 19.6 Å². The van der Waals surface area contributed by atoms with E-state index in [1.54, 1.807) is 0 Å². The summed E-state index contributed by atoms with van der Waals surface area (Å²) in [4.78, 5) is 2.64. The van der Waals surface area contributed by atoms with Crippen molar-refractivity contribution in [3.05, 3.63) is 0 Å². The average Bonchev–Trinajstić information content (AvgIpc) is 2.32. The average molecular weight is 243 g/mol. The summed E-state index contributed by atoms with van der Waals surface area (Å²) < 4.78 is 0. The van der Waals surface area contributed by atoms with Crippen LogP contribution < -0.4 is 0 Å². The zero-order chi connectivity index (χ0) is 13.4. The van der Waals surface area contributed by atoms with Gasteiger partial charge in [-0.25, -0.2) is 0 Å². The molecule has 0 aromatic heterocycles. The molecular weight excluding hydrogens is 206 g/mol. The van der Waals surface area contributed by atoms with Crippen molar-refractivity contribution in [2.45, 2.75) is 86.0 Å². The molecule has 0 N–H and O–H groups in total. The molecule has 0 rings (SSSR count). The maximum absolute atomic E-state index is 2.64. The third-order valence-electron chi connectivity index (χ3n) is 2.70. The fourth-order valence-electron chi connectivity index (χ4n) is 1.80. The Labute approximate surface area is 111 Å². The number of hydrogen-bond acceptors (Lipinski definition) is 1. The number of unbranched alkanes of at least 4 members (excludes halogenated alkanes) is 4. The lowest BCUT2D eigenvalue weighted by molar-refractivity contribution is 0.263. The predicted octanol–water partition coefficient (Wildman–Crippen LogP) is 5.50. The van der Waals surface area contributed by atoms with Gasteiger partial charge in [0.15, 0.2) is 0 Å². The van der Waals surface area contributed by atoms with Gasteiger partial charge in [-0.15, -0.1) is 0 Å². The summed E-state index contributed by atoms with van der Waals surface area (Å²) in [7, 11) is 0. The summed E-state index contributed by atoms with van der Waals surface area (Å²) in [6, 6.07) is 0. The maximum atomic E-state index is 2.64. The van der Waals surface area contributed by atoms with E-state index in [0.717, 1.165) is 0 Å². The second kappa shape index (κ2) is 18.3. The molecule has 0 fully saturated rings. The molecule has 17 heavy (non-hydrogen) atoms. The van der Waals surface area contributed by atoms with Gasteiger partial charge in [0, 0.05) is 0 Å². The lowest BCUT2D eigenvalue weighted by atomic mass is 10.2. The highest BCUT2D eigenvalue weighted by Crippen LogP contribution is 2.03. The highest BCUT2D eigenvalue weighted by Gasteiger charge is 2.01. The Morgan fingerprint density at radius 3 is 1.53 bits per heavy atom. The minimum atomic E-state index is 1.25. The maximum Gasteiger partial charge on any atom is -0.00187 e. The standard InChI is InChI=1S/C13H29N.C3H8/c1-4-7-9-10-13-14(11-6-3)12-8-5-2;1-3-2/h4-13H2,1-3H3;3H2,1-2H3. The van der Waals surface area contributed by atoms with Crippen molar-refractivity contribution < 1.29 is 0 Å². The molecule has 0 aliphatic heterocycles. The third-order valence-corrected chi connectivity index (χ3v) is 2.70.